The summed E-state index contributed by atoms with van der Waals surface area (Å²) in [5, 5.41) is 5.81. The minimum absolute atomic E-state index is 0.00128. The summed E-state index contributed by atoms with van der Waals surface area (Å²) in [5.41, 5.74) is 1.29. The first kappa shape index (κ1) is 19.2. The van der Waals surface area contributed by atoms with Gasteiger partial charge in [0, 0.05) is 32.0 Å². The van der Waals surface area contributed by atoms with Gasteiger partial charge in [-0.2, -0.15) is 0 Å². The molecule has 3 rings (SSSR count). The molecule has 0 aliphatic heterocycles. The van der Waals surface area contributed by atoms with Gasteiger partial charge in [-0.3, -0.25) is 14.2 Å². The third-order valence-corrected chi connectivity index (χ3v) is 5.00. The minimum atomic E-state index is -0.406. The molecule has 1 aromatic heterocycles. The van der Waals surface area contributed by atoms with E-state index < -0.39 is 5.76 Å². The summed E-state index contributed by atoms with van der Waals surface area (Å²) >= 11 is 0. The summed E-state index contributed by atoms with van der Waals surface area (Å²) in [6.45, 7) is 0.761. The molecule has 1 heterocycles. The fraction of sp³-hybridized carbons (Fsp3) is 0.550. The van der Waals surface area contributed by atoms with Crippen molar-refractivity contribution in [3.8, 4) is 0 Å². The van der Waals surface area contributed by atoms with Gasteiger partial charge in [-0.15, -0.1) is 0 Å². The number of para-hydroxylation sites is 2. The number of hydrogen-bond donors (Lipinski definition) is 2. The fourth-order valence-electron chi connectivity index (χ4n) is 3.57. The van der Waals surface area contributed by atoms with Crippen molar-refractivity contribution in [2.45, 2.75) is 64.0 Å². The van der Waals surface area contributed by atoms with Crippen LogP contribution in [0.4, 0.5) is 0 Å². The molecule has 1 saturated carbocycles. The number of aromatic nitrogens is 1. The van der Waals surface area contributed by atoms with Crippen LogP contribution in [-0.2, 0) is 16.1 Å². The minimum Gasteiger partial charge on any atom is -0.408 e. The van der Waals surface area contributed by atoms with E-state index >= 15 is 0 Å². The molecule has 0 radical (unpaired) electrons. The van der Waals surface area contributed by atoms with Gasteiger partial charge in [-0.25, -0.2) is 4.79 Å². The first-order valence-corrected chi connectivity index (χ1v) is 9.78. The number of oxazole rings is 1. The topological polar surface area (TPSA) is 93.3 Å². The molecule has 0 atom stereocenters. The number of carbonyl (C=O) groups excluding carboxylic acids is 2. The predicted octanol–water partition coefficient (Wildman–Crippen LogP) is 2.33. The number of nitrogens with one attached hydrogen (secondary N) is 2. The Morgan fingerprint density at radius 2 is 1.85 bits per heavy atom. The lowest BCUT2D eigenvalue weighted by molar-refractivity contribution is -0.122. The molecule has 0 unspecified atom stereocenters. The van der Waals surface area contributed by atoms with Crippen molar-refractivity contribution in [3.05, 3.63) is 34.8 Å². The predicted molar refractivity (Wildman–Crippen MR) is 102 cm³/mol. The van der Waals surface area contributed by atoms with Crippen molar-refractivity contribution in [1.82, 2.24) is 15.2 Å². The Morgan fingerprint density at radius 1 is 1.07 bits per heavy atom. The summed E-state index contributed by atoms with van der Waals surface area (Å²) < 4.78 is 6.71. The van der Waals surface area contributed by atoms with Gasteiger partial charge in [0.1, 0.15) is 0 Å². The fourth-order valence-corrected chi connectivity index (χ4v) is 3.57. The average molecular weight is 373 g/mol. The smallest absolute Gasteiger partial charge is 0.408 e. The van der Waals surface area contributed by atoms with Gasteiger partial charge in [0.05, 0.1) is 5.52 Å². The van der Waals surface area contributed by atoms with Crippen LogP contribution in [0, 0.1) is 0 Å². The Bertz CT molecular complexity index is 833. The number of rotatable bonds is 8. The average Bonchev–Trinajstić information content (AvgIpc) is 2.98. The van der Waals surface area contributed by atoms with Gasteiger partial charge >= 0.3 is 5.76 Å². The SMILES string of the molecule is O=C(CCCn1c(=O)oc2ccccc21)NCCC(=O)NC1CCCCC1. The second-order valence-electron chi connectivity index (χ2n) is 7.09. The summed E-state index contributed by atoms with van der Waals surface area (Å²) in [7, 11) is 0. The van der Waals surface area contributed by atoms with E-state index in [4.69, 9.17) is 4.42 Å². The standard InChI is InChI=1S/C20H27N3O4/c24-18(21-13-12-19(25)22-15-7-2-1-3-8-15)11-6-14-23-16-9-4-5-10-17(16)27-20(23)26/h4-5,9-10,15H,1-3,6-8,11-14H2,(H,21,24)(H,22,25). The highest BCUT2D eigenvalue weighted by atomic mass is 16.4. The normalized spacial score (nSPS) is 15.0. The van der Waals surface area contributed by atoms with Crippen molar-refractivity contribution in [2.24, 2.45) is 0 Å². The van der Waals surface area contributed by atoms with Crippen LogP contribution in [0.2, 0.25) is 0 Å². The maximum Gasteiger partial charge on any atom is 0.419 e. The maximum atomic E-state index is 11.9. The maximum absolute atomic E-state index is 11.9. The van der Waals surface area contributed by atoms with Gasteiger partial charge in [-0.1, -0.05) is 31.4 Å². The summed E-state index contributed by atoms with van der Waals surface area (Å²) in [4.78, 5) is 35.7. The van der Waals surface area contributed by atoms with Crippen LogP contribution in [-0.4, -0.2) is 29.0 Å². The van der Waals surface area contributed by atoms with E-state index in [9.17, 15) is 14.4 Å². The van der Waals surface area contributed by atoms with Crippen LogP contribution >= 0.6 is 0 Å². The third-order valence-electron chi connectivity index (χ3n) is 5.00. The molecule has 0 bridgehead atoms. The van der Waals surface area contributed by atoms with E-state index in [0.29, 0.717) is 44.0 Å². The highest BCUT2D eigenvalue weighted by molar-refractivity contribution is 5.79. The molecular formula is C20H27N3O4. The molecule has 1 fully saturated rings. The summed E-state index contributed by atoms with van der Waals surface area (Å²) in [5.74, 6) is -0.518. The monoisotopic (exact) mass is 373 g/mol. The van der Waals surface area contributed by atoms with Crippen LogP contribution in [0.5, 0.6) is 0 Å². The molecule has 7 heteroatoms. The zero-order chi connectivity index (χ0) is 19.1. The van der Waals surface area contributed by atoms with Crippen LogP contribution in [0.3, 0.4) is 0 Å². The van der Waals surface area contributed by atoms with Crippen LogP contribution in [0.15, 0.2) is 33.5 Å². The molecular weight excluding hydrogens is 346 g/mol. The number of carbonyl (C=O) groups is 2. The molecule has 7 nitrogen and oxygen atoms in total. The first-order chi connectivity index (χ1) is 13.1. The van der Waals surface area contributed by atoms with E-state index in [0.717, 1.165) is 18.4 Å². The van der Waals surface area contributed by atoms with E-state index in [1.54, 1.807) is 10.6 Å². The number of fused-ring (bicyclic) bond motifs is 1. The number of benzene rings is 1. The van der Waals surface area contributed by atoms with Crippen molar-refractivity contribution in [2.75, 3.05) is 6.54 Å². The van der Waals surface area contributed by atoms with Gasteiger partial charge < -0.3 is 15.1 Å². The van der Waals surface area contributed by atoms with Gasteiger partial charge in [0.25, 0.3) is 0 Å². The van der Waals surface area contributed by atoms with Crippen molar-refractivity contribution >= 4 is 22.9 Å². The van der Waals surface area contributed by atoms with E-state index in [1.807, 2.05) is 18.2 Å². The summed E-state index contributed by atoms with van der Waals surface area (Å²) in [6, 6.07) is 7.53. The molecule has 1 aromatic carbocycles. The molecule has 146 valence electrons. The van der Waals surface area contributed by atoms with Crippen LogP contribution in [0.1, 0.15) is 51.4 Å². The quantitative estimate of drug-likeness (QED) is 0.743. The molecule has 2 amide bonds. The third kappa shape index (κ3) is 5.45. The van der Waals surface area contributed by atoms with E-state index in [-0.39, 0.29) is 11.8 Å². The Labute approximate surface area is 158 Å². The largest absolute Gasteiger partial charge is 0.419 e. The van der Waals surface area contributed by atoms with Crippen molar-refractivity contribution in [1.29, 1.82) is 0 Å². The first-order valence-electron chi connectivity index (χ1n) is 9.78. The lowest BCUT2D eigenvalue weighted by Crippen LogP contribution is -2.38. The van der Waals surface area contributed by atoms with Crippen molar-refractivity contribution in [3.63, 3.8) is 0 Å². The van der Waals surface area contributed by atoms with Gasteiger partial charge in [-0.05, 0) is 31.4 Å². The Morgan fingerprint density at radius 3 is 2.67 bits per heavy atom. The molecule has 2 aromatic rings. The molecule has 2 N–H and O–H groups in total. The van der Waals surface area contributed by atoms with E-state index in [1.165, 1.54) is 19.3 Å². The molecule has 0 spiro atoms. The zero-order valence-electron chi connectivity index (χ0n) is 15.5. The number of aryl methyl sites for hydroxylation is 1. The number of hydrogen-bond acceptors (Lipinski definition) is 4. The second kappa shape index (κ2) is 9.39. The molecule has 27 heavy (non-hydrogen) atoms. The zero-order valence-corrected chi connectivity index (χ0v) is 15.5. The number of nitrogens with zero attached hydrogens (tertiary/aromatic N) is 1. The lowest BCUT2D eigenvalue weighted by atomic mass is 9.95. The van der Waals surface area contributed by atoms with Gasteiger partial charge in [0.15, 0.2) is 5.58 Å². The lowest BCUT2D eigenvalue weighted by Gasteiger charge is -2.22. The Balaban J connectivity index is 1.34. The van der Waals surface area contributed by atoms with Crippen molar-refractivity contribution < 1.29 is 14.0 Å². The Kier molecular flexibility index (Phi) is 6.68. The van der Waals surface area contributed by atoms with Crippen LogP contribution in [0.25, 0.3) is 11.1 Å². The van der Waals surface area contributed by atoms with E-state index in [2.05, 4.69) is 10.6 Å². The van der Waals surface area contributed by atoms with Crippen LogP contribution < -0.4 is 16.4 Å². The highest BCUT2D eigenvalue weighted by Gasteiger charge is 2.15. The number of amides is 2. The highest BCUT2D eigenvalue weighted by Crippen LogP contribution is 2.17. The molecule has 1 aliphatic rings. The molecule has 0 saturated heterocycles. The summed E-state index contributed by atoms with van der Waals surface area (Å²) in [6.07, 6.45) is 6.85. The Hall–Kier alpha value is -2.57. The van der Waals surface area contributed by atoms with Gasteiger partial charge in [0.2, 0.25) is 11.8 Å². The molecule has 1 aliphatic carbocycles. The second-order valence-corrected chi connectivity index (χ2v) is 7.09.